The first-order chi connectivity index (χ1) is 19.7. The van der Waals surface area contributed by atoms with E-state index in [1.807, 2.05) is 13.2 Å². The van der Waals surface area contributed by atoms with Crippen molar-refractivity contribution in [3.8, 4) is 12.3 Å². The van der Waals surface area contributed by atoms with Crippen molar-refractivity contribution >= 4 is 35.6 Å². The molecular formula is C32H49N3O6S. The molecule has 10 heteroatoms. The molecule has 3 unspecified atom stereocenters. The van der Waals surface area contributed by atoms with Crippen LogP contribution in [0.25, 0.3) is 0 Å². The van der Waals surface area contributed by atoms with Crippen molar-refractivity contribution in [2.24, 2.45) is 5.92 Å². The number of hydrogen-bond acceptors (Lipinski definition) is 7. The molecule has 0 fully saturated rings. The molecule has 1 aromatic carbocycles. The second-order valence-corrected chi connectivity index (χ2v) is 12.5. The summed E-state index contributed by atoms with van der Waals surface area (Å²) in [6.07, 6.45) is 8.59. The van der Waals surface area contributed by atoms with Crippen molar-refractivity contribution in [2.75, 3.05) is 25.2 Å². The summed E-state index contributed by atoms with van der Waals surface area (Å²) in [5.41, 5.74) is 0.449. The number of nitrogens with zero attached hydrogens (tertiary/aromatic N) is 1. The highest BCUT2D eigenvalue weighted by Crippen LogP contribution is 2.28. The minimum Gasteiger partial charge on any atom is -0.466 e. The van der Waals surface area contributed by atoms with E-state index >= 15 is 0 Å². The average Bonchev–Trinajstić information content (AvgIpc) is 2.91. The van der Waals surface area contributed by atoms with Crippen LogP contribution in [-0.2, 0) is 23.9 Å². The molecule has 3 atom stereocenters. The highest BCUT2D eigenvalue weighted by Gasteiger charge is 2.38. The van der Waals surface area contributed by atoms with E-state index in [-0.39, 0.29) is 25.6 Å². The van der Waals surface area contributed by atoms with Crippen molar-refractivity contribution in [3.63, 3.8) is 0 Å². The first-order valence-electron chi connectivity index (χ1n) is 14.5. The van der Waals surface area contributed by atoms with Crippen LogP contribution >= 0.6 is 11.8 Å². The Morgan fingerprint density at radius 1 is 1.05 bits per heavy atom. The van der Waals surface area contributed by atoms with Crippen LogP contribution in [0.4, 0.5) is 4.79 Å². The van der Waals surface area contributed by atoms with Gasteiger partial charge in [0.1, 0.15) is 17.7 Å². The quantitative estimate of drug-likeness (QED) is 0.200. The van der Waals surface area contributed by atoms with Crippen LogP contribution in [-0.4, -0.2) is 71.6 Å². The van der Waals surface area contributed by atoms with Crippen molar-refractivity contribution < 1.29 is 28.7 Å². The maximum absolute atomic E-state index is 14.4. The van der Waals surface area contributed by atoms with E-state index < -0.39 is 41.6 Å². The van der Waals surface area contributed by atoms with Crippen LogP contribution in [0.15, 0.2) is 24.3 Å². The fourth-order valence-electron chi connectivity index (χ4n) is 4.25. The van der Waals surface area contributed by atoms with E-state index in [1.54, 1.807) is 68.6 Å². The average molecular weight is 604 g/mol. The number of alkyl carbamates (subject to hydrolysis) is 1. The monoisotopic (exact) mass is 603 g/mol. The zero-order valence-electron chi connectivity index (χ0n) is 26.5. The van der Waals surface area contributed by atoms with Crippen LogP contribution in [0, 0.1) is 18.3 Å². The van der Waals surface area contributed by atoms with Crippen LogP contribution in [0.2, 0.25) is 0 Å². The molecule has 0 heterocycles. The predicted molar refractivity (Wildman–Crippen MR) is 168 cm³/mol. The molecule has 0 radical (unpaired) electrons. The van der Waals surface area contributed by atoms with E-state index in [9.17, 15) is 19.2 Å². The van der Waals surface area contributed by atoms with E-state index in [2.05, 4.69) is 30.4 Å². The van der Waals surface area contributed by atoms with Gasteiger partial charge in [0.15, 0.2) is 0 Å². The lowest BCUT2D eigenvalue weighted by atomic mass is 9.96. The topological polar surface area (TPSA) is 114 Å². The third kappa shape index (κ3) is 13.2. The zero-order chi connectivity index (χ0) is 31.9. The molecule has 3 amide bonds. The standard InChI is InChI=1S/C32H49N3O6S/c1-10-24-14-16-25(17-15-24)28(29(37)33-20-18-27(36)40-11-2)35(23(5)13-12-22(3)4)30(38)26(19-21-42-9)34-31(39)41-32(6,7)8/h1,14-17,22-23,26,28H,11-13,18-21H2,2-9H3,(H,33,37)(H,34,39). The molecule has 0 spiro atoms. The van der Waals surface area contributed by atoms with Gasteiger partial charge < -0.3 is 25.0 Å². The number of thioether (sulfide) groups is 1. The van der Waals surface area contributed by atoms with Crippen molar-refractivity contribution in [3.05, 3.63) is 35.4 Å². The Labute approximate surface area is 256 Å². The second-order valence-electron chi connectivity index (χ2n) is 11.6. The highest BCUT2D eigenvalue weighted by molar-refractivity contribution is 7.98. The van der Waals surface area contributed by atoms with Crippen LogP contribution < -0.4 is 10.6 Å². The molecule has 0 aliphatic rings. The number of amides is 3. The van der Waals surface area contributed by atoms with Gasteiger partial charge in [-0.15, -0.1) is 6.42 Å². The molecule has 0 saturated carbocycles. The molecule has 1 rings (SSSR count). The highest BCUT2D eigenvalue weighted by atomic mass is 32.2. The Hall–Kier alpha value is -3.19. The van der Waals surface area contributed by atoms with Crippen molar-refractivity contribution in [2.45, 2.75) is 97.9 Å². The Morgan fingerprint density at radius 2 is 1.69 bits per heavy atom. The molecule has 0 aliphatic carbocycles. The third-order valence-corrected chi connectivity index (χ3v) is 6.99. The number of benzene rings is 1. The van der Waals surface area contributed by atoms with Gasteiger partial charge in [-0.2, -0.15) is 11.8 Å². The number of nitrogens with one attached hydrogen (secondary N) is 2. The first kappa shape index (κ1) is 36.8. The maximum Gasteiger partial charge on any atom is 0.408 e. The summed E-state index contributed by atoms with van der Waals surface area (Å²) < 4.78 is 10.4. The third-order valence-electron chi connectivity index (χ3n) is 6.34. The van der Waals surface area contributed by atoms with Gasteiger partial charge in [0, 0.05) is 18.2 Å². The second kappa shape index (κ2) is 18.4. The van der Waals surface area contributed by atoms with Gasteiger partial charge >= 0.3 is 12.1 Å². The number of rotatable bonds is 16. The number of esters is 1. The maximum atomic E-state index is 14.4. The Kier molecular flexibility index (Phi) is 16.1. The van der Waals surface area contributed by atoms with Gasteiger partial charge in [0.2, 0.25) is 11.8 Å². The molecule has 234 valence electrons. The molecular weight excluding hydrogens is 554 g/mol. The predicted octanol–water partition coefficient (Wildman–Crippen LogP) is 5.08. The van der Waals surface area contributed by atoms with Gasteiger partial charge in [-0.1, -0.05) is 31.9 Å². The van der Waals surface area contributed by atoms with Gasteiger partial charge in [-0.3, -0.25) is 14.4 Å². The van der Waals surface area contributed by atoms with Crippen molar-refractivity contribution in [1.82, 2.24) is 15.5 Å². The molecule has 1 aromatic rings. The van der Waals surface area contributed by atoms with E-state index in [0.717, 1.165) is 6.42 Å². The van der Waals surface area contributed by atoms with E-state index in [1.165, 1.54) is 0 Å². The smallest absolute Gasteiger partial charge is 0.408 e. The largest absolute Gasteiger partial charge is 0.466 e. The number of ether oxygens (including phenoxy) is 2. The summed E-state index contributed by atoms with van der Waals surface area (Å²) >= 11 is 1.55. The summed E-state index contributed by atoms with van der Waals surface area (Å²) in [7, 11) is 0. The molecule has 0 aliphatic heterocycles. The summed E-state index contributed by atoms with van der Waals surface area (Å²) in [5.74, 6) is 2.29. The lowest BCUT2D eigenvalue weighted by Crippen LogP contribution is -2.55. The number of carbonyl (C=O) groups excluding carboxylic acids is 4. The van der Waals surface area contributed by atoms with Gasteiger partial charge in [-0.05, 0) is 89.5 Å². The molecule has 2 N–H and O–H groups in total. The van der Waals surface area contributed by atoms with Crippen LogP contribution in [0.5, 0.6) is 0 Å². The Bertz CT molecular complexity index is 1060. The molecule has 9 nitrogen and oxygen atoms in total. The van der Waals surface area contributed by atoms with Gasteiger partial charge in [-0.25, -0.2) is 4.79 Å². The first-order valence-corrected chi connectivity index (χ1v) is 15.9. The molecule has 0 bridgehead atoms. The minimum absolute atomic E-state index is 0.00424. The SMILES string of the molecule is C#Cc1ccc(C(C(=O)NCCC(=O)OCC)N(C(=O)C(CCSC)NC(=O)OC(C)(C)C)C(C)CCC(C)C)cc1. The Morgan fingerprint density at radius 3 is 2.21 bits per heavy atom. The number of carbonyl (C=O) groups is 4. The minimum atomic E-state index is -1.04. The molecule has 0 saturated heterocycles. The molecule has 0 aromatic heterocycles. The lowest BCUT2D eigenvalue weighted by molar-refractivity contribution is -0.146. The summed E-state index contributed by atoms with van der Waals surface area (Å²) in [4.78, 5) is 54.5. The van der Waals surface area contributed by atoms with Crippen LogP contribution in [0.1, 0.15) is 91.3 Å². The van der Waals surface area contributed by atoms with E-state index in [4.69, 9.17) is 15.9 Å². The fraction of sp³-hybridized carbons (Fsp3) is 0.625. The van der Waals surface area contributed by atoms with E-state index in [0.29, 0.717) is 35.6 Å². The number of terminal acetylenes is 1. The van der Waals surface area contributed by atoms with Gasteiger partial charge in [0.25, 0.3) is 0 Å². The number of hydrogen-bond donors (Lipinski definition) is 2. The molecule has 42 heavy (non-hydrogen) atoms. The fourth-order valence-corrected chi connectivity index (χ4v) is 4.72. The zero-order valence-corrected chi connectivity index (χ0v) is 27.3. The normalized spacial score (nSPS) is 13.3. The lowest BCUT2D eigenvalue weighted by Gasteiger charge is -2.39. The Balaban J connectivity index is 3.58. The summed E-state index contributed by atoms with van der Waals surface area (Å²) in [5, 5.41) is 5.58. The van der Waals surface area contributed by atoms with Crippen LogP contribution in [0.3, 0.4) is 0 Å². The van der Waals surface area contributed by atoms with Crippen molar-refractivity contribution in [1.29, 1.82) is 0 Å². The summed E-state index contributed by atoms with van der Waals surface area (Å²) in [6, 6.07) is 4.60. The van der Waals surface area contributed by atoms with Gasteiger partial charge in [0.05, 0.1) is 13.0 Å². The summed E-state index contributed by atoms with van der Waals surface area (Å²) in [6.45, 7) is 13.4.